The number of carbonyl (C=O) groups is 1. The lowest BCUT2D eigenvalue weighted by molar-refractivity contribution is 0.0697. The van der Waals surface area contributed by atoms with E-state index < -0.39 is 5.97 Å². The molecule has 0 fully saturated rings. The maximum absolute atomic E-state index is 12.3. The number of fused-ring (bicyclic) bond motifs is 1. The smallest absolute Gasteiger partial charge is 0.335 e. The third-order valence-corrected chi connectivity index (χ3v) is 5.26. The van der Waals surface area contributed by atoms with Crippen LogP contribution in [-0.4, -0.2) is 36.5 Å². The highest BCUT2D eigenvalue weighted by molar-refractivity contribution is 5.89. The van der Waals surface area contributed by atoms with Crippen molar-refractivity contribution in [3.05, 3.63) is 94.3 Å². The number of nitrogens with zero attached hydrogens (tertiary/aromatic N) is 3. The van der Waals surface area contributed by atoms with Crippen LogP contribution in [-0.2, 0) is 6.54 Å². The van der Waals surface area contributed by atoms with Gasteiger partial charge in [0.15, 0.2) is 5.52 Å². The molecule has 0 radical (unpaired) electrons. The molecule has 2 aromatic heterocycles. The Labute approximate surface area is 187 Å². The summed E-state index contributed by atoms with van der Waals surface area (Å²) in [6.45, 7) is 0.580. The van der Waals surface area contributed by atoms with E-state index in [0.717, 1.165) is 22.4 Å². The van der Waals surface area contributed by atoms with Crippen LogP contribution in [0.2, 0.25) is 0 Å². The standard InChI is InChI=1S/C24H18N6O3/c31-23-20-22(29-30-28-20)26-21(27-23)17-10-11-18(15-6-8-16(9-7-15)24(32)33)19(12-17)25-13-14-4-2-1-3-5-14/h1-12,25H,13H2,(H,32,33)(H2,26,27,28,29,30,31). The van der Waals surface area contributed by atoms with Crippen LogP contribution in [0, 0.1) is 0 Å². The average molecular weight is 438 g/mol. The monoisotopic (exact) mass is 438 g/mol. The van der Waals surface area contributed by atoms with Crippen molar-refractivity contribution < 1.29 is 9.90 Å². The zero-order chi connectivity index (χ0) is 22.8. The summed E-state index contributed by atoms with van der Waals surface area (Å²) < 4.78 is 0. The molecule has 2 heterocycles. The Kier molecular flexibility index (Phi) is 5.12. The van der Waals surface area contributed by atoms with Crippen LogP contribution in [0.4, 0.5) is 5.69 Å². The van der Waals surface area contributed by atoms with Crippen molar-refractivity contribution in [2.45, 2.75) is 6.54 Å². The first-order chi connectivity index (χ1) is 16.1. The van der Waals surface area contributed by atoms with Crippen molar-refractivity contribution in [2.24, 2.45) is 0 Å². The van der Waals surface area contributed by atoms with E-state index in [4.69, 9.17) is 0 Å². The first kappa shape index (κ1) is 20.1. The Bertz CT molecular complexity index is 1510. The normalized spacial score (nSPS) is 10.9. The molecule has 5 aromatic rings. The molecule has 4 N–H and O–H groups in total. The molecule has 0 saturated carbocycles. The summed E-state index contributed by atoms with van der Waals surface area (Å²) in [5.74, 6) is -0.602. The Morgan fingerprint density at radius 2 is 1.70 bits per heavy atom. The quantitative estimate of drug-likeness (QED) is 0.317. The van der Waals surface area contributed by atoms with E-state index in [-0.39, 0.29) is 22.3 Å². The lowest BCUT2D eigenvalue weighted by Gasteiger charge is -2.15. The van der Waals surface area contributed by atoms with Gasteiger partial charge in [-0.25, -0.2) is 9.78 Å². The molecule has 162 valence electrons. The number of carboxylic acids is 1. The van der Waals surface area contributed by atoms with Crippen LogP contribution >= 0.6 is 0 Å². The van der Waals surface area contributed by atoms with E-state index in [1.807, 2.05) is 48.5 Å². The second kappa shape index (κ2) is 8.39. The summed E-state index contributed by atoms with van der Waals surface area (Å²) in [4.78, 5) is 30.7. The highest BCUT2D eigenvalue weighted by Crippen LogP contribution is 2.32. The Morgan fingerprint density at radius 1 is 0.939 bits per heavy atom. The molecule has 0 aliphatic carbocycles. The summed E-state index contributed by atoms with van der Waals surface area (Å²) in [6, 6.07) is 22.3. The van der Waals surface area contributed by atoms with Gasteiger partial charge in [0, 0.05) is 23.4 Å². The van der Waals surface area contributed by atoms with Crippen molar-refractivity contribution in [3.8, 4) is 22.5 Å². The van der Waals surface area contributed by atoms with E-state index in [1.54, 1.807) is 24.3 Å². The van der Waals surface area contributed by atoms with Crippen LogP contribution in [0.1, 0.15) is 15.9 Å². The topological polar surface area (TPSA) is 137 Å². The Balaban J connectivity index is 1.57. The minimum atomic E-state index is -0.974. The summed E-state index contributed by atoms with van der Waals surface area (Å²) in [6.07, 6.45) is 0. The SMILES string of the molecule is O=C(O)c1ccc(-c2ccc(-c3nc4n[nH]nc4c(=O)[nH]3)cc2NCc2ccccc2)cc1. The van der Waals surface area contributed by atoms with Crippen LogP contribution in [0.15, 0.2) is 77.6 Å². The molecule has 33 heavy (non-hydrogen) atoms. The molecule has 0 unspecified atom stereocenters. The van der Waals surface area contributed by atoms with E-state index >= 15 is 0 Å². The van der Waals surface area contributed by atoms with Crippen molar-refractivity contribution in [1.29, 1.82) is 0 Å². The van der Waals surface area contributed by atoms with Gasteiger partial charge < -0.3 is 15.4 Å². The fourth-order valence-electron chi connectivity index (χ4n) is 3.57. The van der Waals surface area contributed by atoms with E-state index in [0.29, 0.717) is 17.9 Å². The zero-order valence-electron chi connectivity index (χ0n) is 17.2. The van der Waals surface area contributed by atoms with Gasteiger partial charge in [-0.15, -0.1) is 10.2 Å². The summed E-state index contributed by atoms with van der Waals surface area (Å²) in [5.41, 5.74) is 4.57. The lowest BCUT2D eigenvalue weighted by Crippen LogP contribution is -2.10. The molecule has 9 heteroatoms. The number of hydrogen-bond donors (Lipinski definition) is 4. The molecular weight excluding hydrogens is 420 g/mol. The van der Waals surface area contributed by atoms with Crippen LogP contribution < -0.4 is 10.9 Å². The van der Waals surface area contributed by atoms with E-state index in [2.05, 4.69) is 30.7 Å². The summed E-state index contributed by atoms with van der Waals surface area (Å²) in [7, 11) is 0. The third kappa shape index (κ3) is 4.07. The van der Waals surface area contributed by atoms with Gasteiger partial charge in [0.2, 0.25) is 5.65 Å². The molecule has 0 amide bonds. The molecule has 0 aliphatic heterocycles. The average Bonchev–Trinajstić information content (AvgIpc) is 3.33. The molecule has 0 saturated heterocycles. The van der Waals surface area contributed by atoms with Crippen LogP contribution in [0.5, 0.6) is 0 Å². The number of hydrogen-bond acceptors (Lipinski definition) is 6. The van der Waals surface area contributed by atoms with Gasteiger partial charge in [0.25, 0.3) is 5.56 Å². The molecule has 9 nitrogen and oxygen atoms in total. The number of aromatic carboxylic acids is 1. The molecule has 0 bridgehead atoms. The Hall–Kier alpha value is -4.79. The highest BCUT2D eigenvalue weighted by Gasteiger charge is 2.13. The molecule has 5 rings (SSSR count). The number of anilines is 1. The van der Waals surface area contributed by atoms with Crippen molar-refractivity contribution in [2.75, 3.05) is 5.32 Å². The second-order valence-corrected chi connectivity index (χ2v) is 7.39. The number of H-pyrrole nitrogens is 2. The van der Waals surface area contributed by atoms with Gasteiger partial charge in [-0.3, -0.25) is 4.79 Å². The second-order valence-electron chi connectivity index (χ2n) is 7.39. The van der Waals surface area contributed by atoms with Crippen LogP contribution in [0.25, 0.3) is 33.7 Å². The first-order valence-corrected chi connectivity index (χ1v) is 10.2. The van der Waals surface area contributed by atoms with Crippen molar-refractivity contribution in [1.82, 2.24) is 25.4 Å². The Morgan fingerprint density at radius 3 is 2.45 bits per heavy atom. The zero-order valence-corrected chi connectivity index (χ0v) is 17.2. The fourth-order valence-corrected chi connectivity index (χ4v) is 3.57. The van der Waals surface area contributed by atoms with Gasteiger partial charge in [0.05, 0.1) is 5.56 Å². The van der Waals surface area contributed by atoms with E-state index in [1.165, 1.54) is 0 Å². The van der Waals surface area contributed by atoms with Crippen LogP contribution in [0.3, 0.4) is 0 Å². The van der Waals surface area contributed by atoms with Crippen molar-refractivity contribution >= 4 is 22.8 Å². The number of carboxylic acid groups (broad SMARTS) is 1. The van der Waals surface area contributed by atoms with Gasteiger partial charge in [-0.2, -0.15) is 5.21 Å². The minimum Gasteiger partial charge on any atom is -0.478 e. The van der Waals surface area contributed by atoms with E-state index in [9.17, 15) is 14.7 Å². The first-order valence-electron chi connectivity index (χ1n) is 10.2. The number of nitrogens with one attached hydrogen (secondary N) is 3. The minimum absolute atomic E-state index is 0.149. The maximum atomic E-state index is 12.3. The third-order valence-electron chi connectivity index (χ3n) is 5.26. The van der Waals surface area contributed by atoms with Gasteiger partial charge in [-0.1, -0.05) is 54.6 Å². The van der Waals surface area contributed by atoms with Crippen molar-refractivity contribution in [3.63, 3.8) is 0 Å². The summed E-state index contributed by atoms with van der Waals surface area (Å²) >= 11 is 0. The lowest BCUT2D eigenvalue weighted by atomic mass is 9.99. The van der Waals surface area contributed by atoms with Gasteiger partial charge in [-0.05, 0) is 29.3 Å². The largest absolute Gasteiger partial charge is 0.478 e. The predicted molar refractivity (Wildman–Crippen MR) is 124 cm³/mol. The molecule has 0 aliphatic rings. The van der Waals surface area contributed by atoms with Gasteiger partial charge in [0.1, 0.15) is 5.82 Å². The number of aromatic nitrogens is 5. The number of aromatic amines is 2. The molecule has 3 aromatic carbocycles. The van der Waals surface area contributed by atoms with Gasteiger partial charge >= 0.3 is 5.97 Å². The molecule has 0 atom stereocenters. The summed E-state index contributed by atoms with van der Waals surface area (Å²) in [5, 5.41) is 22.8. The number of benzene rings is 3. The fraction of sp³-hybridized carbons (Fsp3) is 0.0417. The number of rotatable bonds is 6. The highest BCUT2D eigenvalue weighted by atomic mass is 16.4. The molecular formula is C24H18N6O3. The maximum Gasteiger partial charge on any atom is 0.335 e. The molecule has 0 spiro atoms. The predicted octanol–water partition coefficient (Wildman–Crippen LogP) is 3.69.